The smallest absolute Gasteiger partial charge is 0.347 e. The quantitative estimate of drug-likeness (QED) is 0.746. The van der Waals surface area contributed by atoms with Crippen LogP contribution in [0.2, 0.25) is 0 Å². The van der Waals surface area contributed by atoms with E-state index in [1.54, 1.807) is 19.1 Å². The first-order valence-electron chi connectivity index (χ1n) is 8.32. The molecule has 134 valence electrons. The minimum Gasteiger partial charge on any atom is -0.508 e. The van der Waals surface area contributed by atoms with Gasteiger partial charge in [-0.15, -0.1) is 0 Å². The second-order valence-corrected chi connectivity index (χ2v) is 6.18. The number of aromatic hydroxyl groups is 1. The van der Waals surface area contributed by atoms with Gasteiger partial charge in [0.25, 0.3) is 0 Å². The Morgan fingerprint density at radius 2 is 1.72 bits per heavy atom. The lowest BCUT2D eigenvalue weighted by atomic mass is 10.2. The van der Waals surface area contributed by atoms with E-state index < -0.39 is 12.1 Å². The first-order valence-corrected chi connectivity index (χ1v) is 8.32. The van der Waals surface area contributed by atoms with E-state index in [0.717, 1.165) is 6.54 Å². The maximum atomic E-state index is 12.1. The molecule has 5 heteroatoms. The van der Waals surface area contributed by atoms with E-state index in [4.69, 9.17) is 9.47 Å². The third kappa shape index (κ3) is 6.47. The number of benzene rings is 2. The normalized spacial score (nSPS) is 13.3. The van der Waals surface area contributed by atoms with E-state index in [-0.39, 0.29) is 11.9 Å². The van der Waals surface area contributed by atoms with Gasteiger partial charge in [-0.05, 0) is 50.7 Å². The number of carbonyl (C=O) groups is 1. The molecule has 0 amide bonds. The second kappa shape index (κ2) is 9.08. The fourth-order valence-electron chi connectivity index (χ4n) is 2.51. The van der Waals surface area contributed by atoms with Gasteiger partial charge in [-0.25, -0.2) is 4.79 Å². The zero-order valence-corrected chi connectivity index (χ0v) is 14.9. The number of ether oxygens (including phenoxy) is 2. The number of esters is 1. The van der Waals surface area contributed by atoms with E-state index in [1.165, 1.54) is 17.7 Å². The Hall–Kier alpha value is -2.53. The van der Waals surface area contributed by atoms with Crippen LogP contribution in [0.1, 0.15) is 19.4 Å². The third-order valence-electron chi connectivity index (χ3n) is 3.66. The van der Waals surface area contributed by atoms with Gasteiger partial charge in [0.05, 0.1) is 0 Å². The number of rotatable bonds is 8. The molecule has 0 heterocycles. The molecule has 5 nitrogen and oxygen atoms in total. The van der Waals surface area contributed by atoms with Crippen molar-refractivity contribution < 1.29 is 19.4 Å². The van der Waals surface area contributed by atoms with Crippen molar-refractivity contribution in [3.05, 3.63) is 60.2 Å². The Bertz CT molecular complexity index is 657. The standard InChI is InChI=1S/C20H25NO4/c1-15(13-21(3)14-17-7-5-4-6-8-17)24-20(23)16(2)25-19-11-9-18(22)10-12-19/h4-12,15-16,22H,13-14H2,1-3H3. The lowest BCUT2D eigenvalue weighted by Crippen LogP contribution is -2.34. The third-order valence-corrected chi connectivity index (χ3v) is 3.66. The van der Waals surface area contributed by atoms with Crippen molar-refractivity contribution in [2.45, 2.75) is 32.6 Å². The summed E-state index contributed by atoms with van der Waals surface area (Å²) in [4.78, 5) is 14.3. The summed E-state index contributed by atoms with van der Waals surface area (Å²) in [6.07, 6.45) is -0.960. The Balaban J connectivity index is 1.77. The van der Waals surface area contributed by atoms with Crippen LogP contribution in [-0.4, -0.2) is 41.8 Å². The largest absolute Gasteiger partial charge is 0.508 e. The van der Waals surface area contributed by atoms with E-state index in [1.807, 2.05) is 32.2 Å². The highest BCUT2D eigenvalue weighted by Gasteiger charge is 2.20. The predicted octanol–water partition coefficient (Wildman–Crippen LogP) is 3.22. The molecular weight excluding hydrogens is 318 g/mol. The SMILES string of the molecule is CC(CN(C)Cc1ccccc1)OC(=O)C(C)Oc1ccc(O)cc1. The Morgan fingerprint density at radius 1 is 1.08 bits per heavy atom. The zero-order chi connectivity index (χ0) is 18.2. The molecule has 2 rings (SSSR count). The molecule has 2 atom stereocenters. The number of nitrogens with zero attached hydrogens (tertiary/aromatic N) is 1. The van der Waals surface area contributed by atoms with Gasteiger partial charge < -0.3 is 14.6 Å². The lowest BCUT2D eigenvalue weighted by Gasteiger charge is -2.23. The van der Waals surface area contributed by atoms with Crippen molar-refractivity contribution in [3.8, 4) is 11.5 Å². The van der Waals surface area contributed by atoms with E-state index >= 15 is 0 Å². The molecule has 0 spiro atoms. The molecule has 0 aliphatic heterocycles. The van der Waals surface area contributed by atoms with Crippen molar-refractivity contribution in [2.75, 3.05) is 13.6 Å². The number of phenols is 1. The van der Waals surface area contributed by atoms with Crippen molar-refractivity contribution in [1.29, 1.82) is 0 Å². The monoisotopic (exact) mass is 343 g/mol. The van der Waals surface area contributed by atoms with Crippen molar-refractivity contribution in [1.82, 2.24) is 4.90 Å². The van der Waals surface area contributed by atoms with E-state index in [2.05, 4.69) is 17.0 Å². The van der Waals surface area contributed by atoms with Crippen molar-refractivity contribution in [3.63, 3.8) is 0 Å². The molecule has 25 heavy (non-hydrogen) atoms. The highest BCUT2D eigenvalue weighted by atomic mass is 16.6. The molecule has 0 aliphatic rings. The first-order chi connectivity index (χ1) is 11.9. The summed E-state index contributed by atoms with van der Waals surface area (Å²) in [5.74, 6) is 0.252. The molecule has 2 aromatic carbocycles. The van der Waals surface area contributed by atoms with Gasteiger partial charge >= 0.3 is 5.97 Å². The van der Waals surface area contributed by atoms with Crippen LogP contribution in [-0.2, 0) is 16.1 Å². The van der Waals surface area contributed by atoms with Gasteiger partial charge in [0.1, 0.15) is 17.6 Å². The Morgan fingerprint density at radius 3 is 2.36 bits per heavy atom. The van der Waals surface area contributed by atoms with E-state index in [0.29, 0.717) is 12.3 Å². The van der Waals surface area contributed by atoms with Crippen LogP contribution in [0.25, 0.3) is 0 Å². The molecule has 2 aromatic rings. The minimum absolute atomic E-state index is 0.151. The summed E-state index contributed by atoms with van der Waals surface area (Å²) >= 11 is 0. The highest BCUT2D eigenvalue weighted by Crippen LogP contribution is 2.17. The second-order valence-electron chi connectivity index (χ2n) is 6.18. The van der Waals surface area contributed by atoms with Crippen LogP contribution in [0.15, 0.2) is 54.6 Å². The average Bonchev–Trinajstić information content (AvgIpc) is 2.57. The Labute approximate surface area is 148 Å². The topological polar surface area (TPSA) is 59.0 Å². The van der Waals surface area contributed by atoms with Gasteiger partial charge in [0.2, 0.25) is 0 Å². The highest BCUT2D eigenvalue weighted by molar-refractivity contribution is 5.74. The summed E-state index contributed by atoms with van der Waals surface area (Å²) in [6, 6.07) is 16.4. The van der Waals surface area contributed by atoms with Crippen LogP contribution in [0.5, 0.6) is 11.5 Å². The molecule has 0 saturated carbocycles. The molecule has 1 N–H and O–H groups in total. The molecule has 0 bridgehead atoms. The average molecular weight is 343 g/mol. The van der Waals surface area contributed by atoms with Crippen LogP contribution in [0.4, 0.5) is 0 Å². The van der Waals surface area contributed by atoms with Gasteiger partial charge in [0.15, 0.2) is 6.10 Å². The number of phenolic OH excluding ortho intramolecular Hbond substituents is 1. The zero-order valence-electron chi connectivity index (χ0n) is 14.9. The summed E-state index contributed by atoms with van der Waals surface area (Å²) in [5, 5.41) is 9.26. The molecule has 0 aliphatic carbocycles. The van der Waals surface area contributed by atoms with E-state index in [9.17, 15) is 9.90 Å². The van der Waals surface area contributed by atoms with Gasteiger partial charge in [-0.2, -0.15) is 0 Å². The molecule has 2 unspecified atom stereocenters. The fourth-order valence-corrected chi connectivity index (χ4v) is 2.51. The van der Waals surface area contributed by atoms with Gasteiger partial charge in [-0.3, -0.25) is 4.90 Å². The summed E-state index contributed by atoms with van der Waals surface area (Å²) in [5.41, 5.74) is 1.22. The van der Waals surface area contributed by atoms with Crippen LogP contribution in [0.3, 0.4) is 0 Å². The maximum absolute atomic E-state index is 12.1. The first kappa shape index (κ1) is 18.8. The van der Waals surface area contributed by atoms with Crippen molar-refractivity contribution >= 4 is 5.97 Å². The Kier molecular flexibility index (Phi) is 6.83. The van der Waals surface area contributed by atoms with Crippen molar-refractivity contribution in [2.24, 2.45) is 0 Å². The van der Waals surface area contributed by atoms with Gasteiger partial charge in [0, 0.05) is 13.1 Å². The summed E-state index contributed by atoms with van der Waals surface area (Å²) in [7, 11) is 1.99. The summed E-state index contributed by atoms with van der Waals surface area (Å²) in [6.45, 7) is 4.94. The molecule has 0 radical (unpaired) electrons. The van der Waals surface area contributed by atoms with Gasteiger partial charge in [-0.1, -0.05) is 30.3 Å². The minimum atomic E-state index is -0.716. The molecule has 0 aromatic heterocycles. The molecular formula is C20H25NO4. The summed E-state index contributed by atoms with van der Waals surface area (Å²) < 4.78 is 11.0. The molecule has 0 fully saturated rings. The van der Waals surface area contributed by atoms with Crippen LogP contribution >= 0.6 is 0 Å². The molecule has 0 saturated heterocycles. The van der Waals surface area contributed by atoms with Crippen LogP contribution < -0.4 is 4.74 Å². The number of hydrogen-bond donors (Lipinski definition) is 1. The number of likely N-dealkylation sites (N-methyl/N-ethyl adjacent to an activating group) is 1. The lowest BCUT2D eigenvalue weighted by molar-refractivity contribution is -0.156. The predicted molar refractivity (Wildman–Crippen MR) is 96.5 cm³/mol. The fraction of sp³-hybridized carbons (Fsp3) is 0.350. The van der Waals surface area contributed by atoms with Crippen LogP contribution in [0, 0.1) is 0 Å². The number of hydrogen-bond acceptors (Lipinski definition) is 5. The maximum Gasteiger partial charge on any atom is 0.347 e. The number of carbonyl (C=O) groups excluding carboxylic acids is 1.